The summed E-state index contributed by atoms with van der Waals surface area (Å²) in [6, 6.07) is 10.4. The van der Waals surface area contributed by atoms with Crippen LogP contribution in [0.25, 0.3) is 0 Å². The van der Waals surface area contributed by atoms with Gasteiger partial charge in [-0.2, -0.15) is 0 Å². The Kier molecular flexibility index (Phi) is 8.36. The third-order valence-electron chi connectivity index (χ3n) is 6.29. The molecule has 2 atom stereocenters. The first-order valence-electron chi connectivity index (χ1n) is 11.9. The van der Waals surface area contributed by atoms with Crippen LogP contribution in [0, 0.1) is 12.8 Å². The molecule has 1 aromatic carbocycles. The van der Waals surface area contributed by atoms with Gasteiger partial charge in [-0.1, -0.05) is 54.7 Å². The maximum absolute atomic E-state index is 13.4. The van der Waals surface area contributed by atoms with E-state index in [1.165, 1.54) is 29.1 Å². The van der Waals surface area contributed by atoms with E-state index < -0.39 is 6.04 Å². The molecule has 35 heavy (non-hydrogen) atoms. The number of carbonyl (C=O) groups excluding carboxylic acids is 2. The van der Waals surface area contributed by atoms with Gasteiger partial charge in [0.05, 0.1) is 12.2 Å². The van der Waals surface area contributed by atoms with Gasteiger partial charge in [0.1, 0.15) is 16.1 Å². The van der Waals surface area contributed by atoms with Gasteiger partial charge < -0.3 is 10.6 Å². The molecule has 4 rings (SSSR count). The molecule has 1 fully saturated rings. The number of nitrogens with zero attached hydrogens (tertiary/aromatic N) is 3. The Morgan fingerprint density at radius 1 is 1.23 bits per heavy atom. The molecule has 1 unspecified atom stereocenters. The minimum absolute atomic E-state index is 0.0948. The second-order valence-electron chi connectivity index (χ2n) is 9.00. The molecule has 9 heteroatoms. The SMILES string of the molecule is Cc1cc(NC(=O)[C@H](CC2CCCC2)N(C=O)c2cnc(C(C)Nc3cccc(Cl)c3)s2)ccn1. The molecule has 2 amide bonds. The van der Waals surface area contributed by atoms with Gasteiger partial charge in [-0.05, 0) is 56.5 Å². The fraction of sp³-hybridized carbons (Fsp3) is 0.385. The van der Waals surface area contributed by atoms with E-state index in [1.807, 2.05) is 44.2 Å². The lowest BCUT2D eigenvalue weighted by Crippen LogP contribution is -2.44. The van der Waals surface area contributed by atoms with Crippen LogP contribution >= 0.6 is 22.9 Å². The summed E-state index contributed by atoms with van der Waals surface area (Å²) < 4.78 is 0. The molecule has 1 saturated carbocycles. The highest BCUT2D eigenvalue weighted by molar-refractivity contribution is 7.16. The van der Waals surface area contributed by atoms with Crippen molar-refractivity contribution < 1.29 is 9.59 Å². The fourth-order valence-corrected chi connectivity index (χ4v) is 5.65. The molecule has 7 nitrogen and oxygen atoms in total. The molecule has 2 aromatic heterocycles. The van der Waals surface area contributed by atoms with Crippen LogP contribution in [0.2, 0.25) is 5.02 Å². The number of nitrogens with one attached hydrogen (secondary N) is 2. The molecule has 2 N–H and O–H groups in total. The molecule has 0 bridgehead atoms. The molecular formula is C26H30ClN5O2S. The number of pyridine rings is 1. The molecule has 3 aromatic rings. The van der Waals surface area contributed by atoms with E-state index in [9.17, 15) is 9.59 Å². The number of rotatable bonds is 10. The van der Waals surface area contributed by atoms with Gasteiger partial charge in [0.25, 0.3) is 0 Å². The predicted octanol–water partition coefficient (Wildman–Crippen LogP) is 6.22. The zero-order valence-electron chi connectivity index (χ0n) is 19.9. The van der Waals surface area contributed by atoms with Crippen molar-refractivity contribution in [3.8, 4) is 0 Å². The van der Waals surface area contributed by atoms with Crippen molar-refractivity contribution in [2.75, 3.05) is 15.5 Å². The Bertz CT molecular complexity index is 1160. The summed E-state index contributed by atoms with van der Waals surface area (Å²) in [6.45, 7) is 3.88. The highest BCUT2D eigenvalue weighted by Gasteiger charge is 2.32. The molecule has 1 aliphatic rings. The fourth-order valence-electron chi connectivity index (χ4n) is 4.52. The maximum atomic E-state index is 13.4. The van der Waals surface area contributed by atoms with E-state index in [1.54, 1.807) is 18.5 Å². The molecular weight excluding hydrogens is 482 g/mol. The van der Waals surface area contributed by atoms with E-state index in [0.29, 0.717) is 28.0 Å². The Morgan fingerprint density at radius 2 is 2.03 bits per heavy atom. The maximum Gasteiger partial charge on any atom is 0.247 e. The number of amides is 2. The summed E-state index contributed by atoms with van der Waals surface area (Å²) >= 11 is 7.51. The van der Waals surface area contributed by atoms with Crippen molar-refractivity contribution in [3.63, 3.8) is 0 Å². The number of halogens is 1. The van der Waals surface area contributed by atoms with Crippen LogP contribution < -0.4 is 15.5 Å². The average molecular weight is 512 g/mol. The van der Waals surface area contributed by atoms with Crippen molar-refractivity contribution in [2.45, 2.75) is 58.0 Å². The molecule has 0 aliphatic heterocycles. The summed E-state index contributed by atoms with van der Waals surface area (Å²) in [5.74, 6) is 0.220. The minimum Gasteiger partial charge on any atom is -0.376 e. The third kappa shape index (κ3) is 6.58. The van der Waals surface area contributed by atoms with E-state index >= 15 is 0 Å². The van der Waals surface area contributed by atoms with Crippen molar-refractivity contribution in [3.05, 3.63) is 64.5 Å². The van der Waals surface area contributed by atoms with Crippen LogP contribution in [0.15, 0.2) is 48.8 Å². The Hall–Kier alpha value is -2.97. The number of hydrogen-bond acceptors (Lipinski definition) is 6. The van der Waals surface area contributed by atoms with Crippen LogP contribution in [0.4, 0.5) is 16.4 Å². The molecule has 0 spiro atoms. The molecule has 184 valence electrons. The molecule has 1 aliphatic carbocycles. The number of aromatic nitrogens is 2. The zero-order chi connectivity index (χ0) is 24.8. The quantitative estimate of drug-likeness (QED) is 0.315. The first-order valence-corrected chi connectivity index (χ1v) is 13.1. The van der Waals surface area contributed by atoms with Crippen LogP contribution in [0.5, 0.6) is 0 Å². The summed E-state index contributed by atoms with van der Waals surface area (Å²) in [6.07, 6.45) is 9.22. The largest absolute Gasteiger partial charge is 0.376 e. The van der Waals surface area contributed by atoms with Crippen molar-refractivity contribution in [2.24, 2.45) is 5.92 Å². The second kappa shape index (κ2) is 11.6. The lowest BCUT2D eigenvalue weighted by atomic mass is 9.97. The molecule has 0 radical (unpaired) electrons. The van der Waals surface area contributed by atoms with E-state index in [-0.39, 0.29) is 11.9 Å². The smallest absolute Gasteiger partial charge is 0.247 e. The van der Waals surface area contributed by atoms with Gasteiger partial charge in [-0.3, -0.25) is 19.5 Å². The van der Waals surface area contributed by atoms with Crippen molar-refractivity contribution in [1.29, 1.82) is 0 Å². The van der Waals surface area contributed by atoms with E-state index in [0.717, 1.165) is 35.6 Å². The average Bonchev–Trinajstić information content (AvgIpc) is 3.51. The summed E-state index contributed by atoms with van der Waals surface area (Å²) in [4.78, 5) is 36.0. The number of thiazole rings is 1. The van der Waals surface area contributed by atoms with Gasteiger partial charge >= 0.3 is 0 Å². The minimum atomic E-state index is -0.617. The number of anilines is 3. The van der Waals surface area contributed by atoms with Crippen LogP contribution in [0.3, 0.4) is 0 Å². The van der Waals surface area contributed by atoms with Crippen LogP contribution in [-0.2, 0) is 9.59 Å². The zero-order valence-corrected chi connectivity index (χ0v) is 21.5. The van der Waals surface area contributed by atoms with Gasteiger partial charge in [0, 0.05) is 28.3 Å². The Balaban J connectivity index is 1.54. The highest BCUT2D eigenvalue weighted by atomic mass is 35.5. The second-order valence-corrected chi connectivity index (χ2v) is 10.5. The third-order valence-corrected chi connectivity index (χ3v) is 7.72. The first kappa shape index (κ1) is 25.1. The van der Waals surface area contributed by atoms with Gasteiger partial charge in [-0.15, -0.1) is 0 Å². The van der Waals surface area contributed by atoms with Crippen LogP contribution in [-0.4, -0.2) is 28.3 Å². The topological polar surface area (TPSA) is 87.2 Å². The highest BCUT2D eigenvalue weighted by Crippen LogP contribution is 2.34. The number of carbonyl (C=O) groups is 2. The number of benzene rings is 1. The Morgan fingerprint density at radius 3 is 2.74 bits per heavy atom. The van der Waals surface area contributed by atoms with Crippen molar-refractivity contribution in [1.82, 2.24) is 9.97 Å². The standard InChI is InChI=1S/C26H30ClN5O2S/c1-17-12-22(10-11-28-17)31-25(34)23(13-19-6-3-4-7-19)32(16-33)24-15-29-26(35-24)18(2)30-21-9-5-8-20(27)14-21/h5,8-12,14-16,18-19,23,30H,3-4,6-7,13H2,1-2H3,(H,28,31,34)/t18?,23-/m0/s1. The van der Waals surface area contributed by atoms with Gasteiger partial charge in [0.15, 0.2) is 0 Å². The monoisotopic (exact) mass is 511 g/mol. The van der Waals surface area contributed by atoms with Crippen molar-refractivity contribution >= 4 is 51.6 Å². The molecule has 0 saturated heterocycles. The first-order chi connectivity index (χ1) is 16.9. The van der Waals surface area contributed by atoms with E-state index in [2.05, 4.69) is 20.6 Å². The lowest BCUT2D eigenvalue weighted by molar-refractivity contribution is -0.119. The number of hydrogen-bond donors (Lipinski definition) is 2. The molecule has 2 heterocycles. The van der Waals surface area contributed by atoms with Crippen LogP contribution in [0.1, 0.15) is 55.8 Å². The lowest BCUT2D eigenvalue weighted by Gasteiger charge is -2.28. The van der Waals surface area contributed by atoms with Gasteiger partial charge in [0.2, 0.25) is 12.3 Å². The van der Waals surface area contributed by atoms with Gasteiger partial charge in [-0.25, -0.2) is 4.98 Å². The predicted molar refractivity (Wildman–Crippen MR) is 142 cm³/mol. The number of aryl methyl sites for hydroxylation is 1. The summed E-state index contributed by atoms with van der Waals surface area (Å²) in [5, 5.41) is 8.50. The summed E-state index contributed by atoms with van der Waals surface area (Å²) in [5.41, 5.74) is 2.38. The normalized spacial score (nSPS) is 15.4. The Labute approximate surface area is 214 Å². The van der Waals surface area contributed by atoms with E-state index in [4.69, 9.17) is 11.6 Å². The summed E-state index contributed by atoms with van der Waals surface area (Å²) in [7, 11) is 0.